The van der Waals surface area contributed by atoms with Crippen LogP contribution in [0.2, 0.25) is 0 Å². The Balaban J connectivity index is 1.61. The number of furan rings is 1. The SMILES string of the molecule is Cc1cc2cccc(C(=O)N3CCO[C@]4(CNCCOC4)C3)c2o1. The van der Waals surface area contributed by atoms with Gasteiger partial charge in [-0.05, 0) is 19.1 Å². The molecule has 24 heavy (non-hydrogen) atoms. The first kappa shape index (κ1) is 15.6. The number of nitrogens with one attached hydrogen (secondary N) is 1. The van der Waals surface area contributed by atoms with Crippen LogP contribution in [0.15, 0.2) is 28.7 Å². The topological polar surface area (TPSA) is 63.9 Å². The van der Waals surface area contributed by atoms with Gasteiger partial charge in [0.15, 0.2) is 0 Å². The van der Waals surface area contributed by atoms with Crippen LogP contribution in [0.1, 0.15) is 16.1 Å². The number of rotatable bonds is 1. The third-order valence-electron chi connectivity index (χ3n) is 4.67. The molecule has 0 saturated carbocycles. The molecule has 1 atom stereocenters. The number of para-hydroxylation sites is 1. The highest BCUT2D eigenvalue weighted by Gasteiger charge is 2.40. The first-order valence-corrected chi connectivity index (χ1v) is 8.38. The van der Waals surface area contributed by atoms with Crippen LogP contribution in [0, 0.1) is 6.92 Å². The average molecular weight is 330 g/mol. The van der Waals surface area contributed by atoms with Crippen molar-refractivity contribution in [3.63, 3.8) is 0 Å². The summed E-state index contributed by atoms with van der Waals surface area (Å²) >= 11 is 0. The van der Waals surface area contributed by atoms with Crippen LogP contribution < -0.4 is 5.32 Å². The molecule has 2 aliphatic rings. The number of carbonyl (C=O) groups is 1. The molecule has 0 bridgehead atoms. The van der Waals surface area contributed by atoms with Crippen LogP contribution in [0.25, 0.3) is 11.0 Å². The van der Waals surface area contributed by atoms with Gasteiger partial charge in [-0.15, -0.1) is 0 Å². The summed E-state index contributed by atoms with van der Waals surface area (Å²) in [5, 5.41) is 4.29. The van der Waals surface area contributed by atoms with Crippen LogP contribution in [-0.4, -0.2) is 62.4 Å². The molecule has 1 amide bonds. The molecule has 1 aromatic carbocycles. The summed E-state index contributed by atoms with van der Waals surface area (Å²) in [5.41, 5.74) is 0.813. The molecule has 0 radical (unpaired) electrons. The van der Waals surface area contributed by atoms with Crippen molar-refractivity contribution in [2.75, 3.05) is 46.0 Å². The Hall–Kier alpha value is -1.89. The van der Waals surface area contributed by atoms with Crippen molar-refractivity contribution >= 4 is 16.9 Å². The first-order chi connectivity index (χ1) is 11.7. The van der Waals surface area contributed by atoms with Gasteiger partial charge in [0.25, 0.3) is 5.91 Å². The summed E-state index contributed by atoms with van der Waals surface area (Å²) in [4.78, 5) is 14.9. The highest BCUT2D eigenvalue weighted by molar-refractivity contribution is 6.05. The summed E-state index contributed by atoms with van der Waals surface area (Å²) in [7, 11) is 0. The van der Waals surface area contributed by atoms with E-state index in [4.69, 9.17) is 13.9 Å². The van der Waals surface area contributed by atoms with Crippen LogP contribution in [0.5, 0.6) is 0 Å². The van der Waals surface area contributed by atoms with Gasteiger partial charge in [-0.3, -0.25) is 4.79 Å². The molecule has 0 aliphatic carbocycles. The predicted octanol–water partition coefficient (Wildman–Crippen LogP) is 1.57. The molecule has 1 aromatic heterocycles. The number of amides is 1. The zero-order valence-electron chi connectivity index (χ0n) is 13.8. The van der Waals surface area contributed by atoms with Gasteiger partial charge in [0.2, 0.25) is 0 Å². The largest absolute Gasteiger partial charge is 0.461 e. The van der Waals surface area contributed by atoms with Crippen LogP contribution in [0.3, 0.4) is 0 Å². The number of hydrogen-bond donors (Lipinski definition) is 1. The Kier molecular flexibility index (Phi) is 4.04. The second-order valence-corrected chi connectivity index (χ2v) is 6.57. The molecular weight excluding hydrogens is 308 g/mol. The van der Waals surface area contributed by atoms with Crippen LogP contribution in [0.4, 0.5) is 0 Å². The minimum absolute atomic E-state index is 0.0122. The number of carbonyl (C=O) groups excluding carboxylic acids is 1. The number of ether oxygens (including phenoxy) is 2. The fourth-order valence-corrected chi connectivity index (χ4v) is 3.51. The van der Waals surface area contributed by atoms with Crippen molar-refractivity contribution in [2.45, 2.75) is 12.5 Å². The third kappa shape index (κ3) is 2.81. The molecule has 6 nitrogen and oxygen atoms in total. The molecular formula is C18H22N2O4. The lowest BCUT2D eigenvalue weighted by Crippen LogP contribution is -2.59. The summed E-state index contributed by atoms with van der Waals surface area (Å²) in [5.74, 6) is 0.798. The maximum atomic E-state index is 13.1. The van der Waals surface area contributed by atoms with E-state index in [2.05, 4.69) is 5.32 Å². The van der Waals surface area contributed by atoms with E-state index in [-0.39, 0.29) is 5.91 Å². The number of aryl methyl sites for hydroxylation is 1. The Labute approximate surface area is 140 Å². The zero-order valence-corrected chi connectivity index (χ0v) is 13.8. The maximum absolute atomic E-state index is 13.1. The highest BCUT2D eigenvalue weighted by Crippen LogP contribution is 2.26. The maximum Gasteiger partial charge on any atom is 0.257 e. The lowest BCUT2D eigenvalue weighted by molar-refractivity contribution is -0.125. The van der Waals surface area contributed by atoms with E-state index in [0.717, 1.165) is 17.7 Å². The fraction of sp³-hybridized carbons (Fsp3) is 0.500. The summed E-state index contributed by atoms with van der Waals surface area (Å²) in [6, 6.07) is 7.65. The van der Waals surface area contributed by atoms with E-state index in [1.54, 1.807) is 0 Å². The van der Waals surface area contributed by atoms with Crippen LogP contribution >= 0.6 is 0 Å². The smallest absolute Gasteiger partial charge is 0.257 e. The minimum atomic E-state index is -0.461. The number of hydrogen-bond acceptors (Lipinski definition) is 5. The van der Waals surface area contributed by atoms with Gasteiger partial charge in [0.05, 0.1) is 31.9 Å². The van der Waals surface area contributed by atoms with Gasteiger partial charge < -0.3 is 24.1 Å². The van der Waals surface area contributed by atoms with Gasteiger partial charge >= 0.3 is 0 Å². The summed E-state index contributed by atoms with van der Waals surface area (Å²) in [6.07, 6.45) is 0. The molecule has 2 aliphatic heterocycles. The average Bonchev–Trinajstić information content (AvgIpc) is 2.84. The molecule has 2 saturated heterocycles. The molecule has 1 spiro atoms. The van der Waals surface area contributed by atoms with Crippen molar-refractivity contribution in [1.82, 2.24) is 10.2 Å². The normalized spacial score (nSPS) is 25.1. The second-order valence-electron chi connectivity index (χ2n) is 6.57. The number of nitrogens with zero attached hydrogens (tertiary/aromatic N) is 1. The lowest BCUT2D eigenvalue weighted by atomic mass is 10.0. The van der Waals surface area contributed by atoms with Gasteiger partial charge in [-0.2, -0.15) is 0 Å². The Morgan fingerprint density at radius 1 is 1.33 bits per heavy atom. The van der Waals surface area contributed by atoms with Crippen LogP contribution in [-0.2, 0) is 9.47 Å². The quantitative estimate of drug-likeness (QED) is 0.860. The van der Waals surface area contributed by atoms with Crippen molar-refractivity contribution in [2.24, 2.45) is 0 Å². The number of morpholine rings is 1. The monoisotopic (exact) mass is 330 g/mol. The molecule has 128 valence electrons. The predicted molar refractivity (Wildman–Crippen MR) is 89.2 cm³/mol. The van der Waals surface area contributed by atoms with Gasteiger partial charge in [0.1, 0.15) is 16.9 Å². The molecule has 2 aromatic rings. The van der Waals surface area contributed by atoms with E-state index in [1.807, 2.05) is 36.1 Å². The van der Waals surface area contributed by atoms with Crippen molar-refractivity contribution < 1.29 is 18.7 Å². The Morgan fingerprint density at radius 2 is 2.25 bits per heavy atom. The minimum Gasteiger partial charge on any atom is -0.461 e. The van der Waals surface area contributed by atoms with E-state index in [9.17, 15) is 4.79 Å². The zero-order chi connectivity index (χ0) is 16.6. The van der Waals surface area contributed by atoms with E-state index in [1.165, 1.54) is 0 Å². The summed E-state index contributed by atoms with van der Waals surface area (Å²) < 4.78 is 17.4. The van der Waals surface area contributed by atoms with E-state index < -0.39 is 5.60 Å². The third-order valence-corrected chi connectivity index (χ3v) is 4.67. The van der Waals surface area contributed by atoms with Crippen molar-refractivity contribution in [3.05, 3.63) is 35.6 Å². The van der Waals surface area contributed by atoms with Gasteiger partial charge in [-0.1, -0.05) is 12.1 Å². The molecule has 3 heterocycles. The van der Waals surface area contributed by atoms with Crippen molar-refractivity contribution in [1.29, 1.82) is 0 Å². The van der Waals surface area contributed by atoms with Crippen molar-refractivity contribution in [3.8, 4) is 0 Å². The lowest BCUT2D eigenvalue weighted by Gasteiger charge is -2.41. The van der Waals surface area contributed by atoms with E-state index >= 15 is 0 Å². The molecule has 2 fully saturated rings. The van der Waals surface area contributed by atoms with Gasteiger partial charge in [0, 0.05) is 25.0 Å². The van der Waals surface area contributed by atoms with Gasteiger partial charge in [-0.25, -0.2) is 0 Å². The molecule has 6 heteroatoms. The van der Waals surface area contributed by atoms with E-state index in [0.29, 0.717) is 50.6 Å². The Bertz CT molecular complexity index is 747. The Morgan fingerprint density at radius 3 is 3.17 bits per heavy atom. The molecule has 1 N–H and O–H groups in total. The highest BCUT2D eigenvalue weighted by atomic mass is 16.5. The second kappa shape index (κ2) is 6.20. The molecule has 4 rings (SSSR count). The number of benzene rings is 1. The standard InChI is InChI=1S/C18H22N2O4/c1-13-9-14-3-2-4-15(16(14)24-13)17(21)20-6-8-23-18(11-20)10-19-5-7-22-12-18/h2-4,9,19H,5-8,10-12H2,1H3/t18-/m1/s1. The fourth-order valence-electron chi connectivity index (χ4n) is 3.51. The summed E-state index contributed by atoms with van der Waals surface area (Å²) in [6.45, 7) is 6.20. The molecule has 0 unspecified atom stereocenters. The number of fused-ring (bicyclic) bond motifs is 1. The first-order valence-electron chi connectivity index (χ1n) is 8.38.